The normalized spacial score (nSPS) is 10.2. The molecular weight excluding hydrogens is 315 g/mol. The van der Waals surface area contributed by atoms with Crippen LogP contribution in [0.4, 0.5) is 5.69 Å². The Labute approximate surface area is 110 Å². The van der Waals surface area contributed by atoms with Crippen LogP contribution in [-0.2, 0) is 4.79 Å². The highest BCUT2D eigenvalue weighted by atomic mass is 127. The van der Waals surface area contributed by atoms with Gasteiger partial charge in [-0.3, -0.25) is 4.79 Å². The molecule has 0 unspecified atom stereocenters. The van der Waals surface area contributed by atoms with Gasteiger partial charge in [0.2, 0.25) is 5.91 Å². The summed E-state index contributed by atoms with van der Waals surface area (Å²) in [6.45, 7) is 2.93. The molecule has 0 aliphatic rings. The van der Waals surface area contributed by atoms with E-state index in [2.05, 4.69) is 40.1 Å². The molecule has 16 heavy (non-hydrogen) atoms. The zero-order valence-corrected chi connectivity index (χ0v) is 11.8. The predicted octanol–water partition coefficient (Wildman–Crippen LogP) is 2.54. The number of rotatable bonds is 5. The van der Waals surface area contributed by atoms with Crippen LogP contribution in [-0.4, -0.2) is 19.5 Å². The lowest BCUT2D eigenvalue weighted by Crippen LogP contribution is -2.15. The van der Waals surface area contributed by atoms with Crippen LogP contribution in [0.15, 0.2) is 18.2 Å². The minimum Gasteiger partial charge on any atom is -0.326 e. The molecule has 88 valence electrons. The molecule has 0 radical (unpaired) electrons. The summed E-state index contributed by atoms with van der Waals surface area (Å²) in [7, 11) is 1.89. The predicted molar refractivity (Wildman–Crippen MR) is 75.7 cm³/mol. The van der Waals surface area contributed by atoms with Crippen molar-refractivity contribution in [2.24, 2.45) is 0 Å². The van der Waals surface area contributed by atoms with Gasteiger partial charge in [0.1, 0.15) is 0 Å². The Kier molecular flexibility index (Phi) is 5.76. The molecule has 0 bridgehead atoms. The second-order valence-corrected chi connectivity index (χ2v) is 4.88. The van der Waals surface area contributed by atoms with Crippen LogP contribution in [0.5, 0.6) is 0 Å². The number of halogens is 1. The molecule has 3 nitrogen and oxygen atoms in total. The van der Waals surface area contributed by atoms with Gasteiger partial charge < -0.3 is 10.6 Å². The van der Waals surface area contributed by atoms with E-state index in [9.17, 15) is 4.79 Å². The van der Waals surface area contributed by atoms with E-state index in [1.807, 2.05) is 25.2 Å². The molecule has 0 heterocycles. The summed E-state index contributed by atoms with van der Waals surface area (Å²) in [5.74, 6) is 0.0786. The Bertz CT molecular complexity index is 366. The van der Waals surface area contributed by atoms with Crippen molar-refractivity contribution < 1.29 is 4.79 Å². The van der Waals surface area contributed by atoms with Gasteiger partial charge in [0, 0.05) is 15.7 Å². The van der Waals surface area contributed by atoms with Gasteiger partial charge >= 0.3 is 0 Å². The first kappa shape index (κ1) is 13.4. The van der Waals surface area contributed by atoms with Crippen LogP contribution in [0.1, 0.15) is 18.4 Å². The number of hydrogen-bond acceptors (Lipinski definition) is 2. The van der Waals surface area contributed by atoms with E-state index in [0.29, 0.717) is 6.42 Å². The van der Waals surface area contributed by atoms with E-state index >= 15 is 0 Å². The van der Waals surface area contributed by atoms with Crippen molar-refractivity contribution in [3.8, 4) is 0 Å². The Morgan fingerprint density at radius 2 is 2.19 bits per heavy atom. The van der Waals surface area contributed by atoms with Crippen molar-refractivity contribution in [2.45, 2.75) is 19.8 Å². The average molecular weight is 332 g/mol. The van der Waals surface area contributed by atoms with E-state index in [1.54, 1.807) is 0 Å². The summed E-state index contributed by atoms with van der Waals surface area (Å²) < 4.78 is 1.17. The molecule has 0 spiro atoms. The molecule has 0 fully saturated rings. The molecule has 1 rings (SSSR count). The third kappa shape index (κ3) is 4.49. The van der Waals surface area contributed by atoms with E-state index in [0.717, 1.165) is 18.7 Å². The maximum atomic E-state index is 11.5. The summed E-state index contributed by atoms with van der Waals surface area (Å²) in [6, 6.07) is 5.95. The minimum atomic E-state index is 0.0786. The molecule has 4 heteroatoms. The van der Waals surface area contributed by atoms with Gasteiger partial charge in [-0.15, -0.1) is 0 Å². The van der Waals surface area contributed by atoms with Gasteiger partial charge in [-0.2, -0.15) is 0 Å². The summed E-state index contributed by atoms with van der Waals surface area (Å²) in [6.07, 6.45) is 1.43. The second-order valence-electron chi connectivity index (χ2n) is 3.72. The topological polar surface area (TPSA) is 41.1 Å². The highest BCUT2D eigenvalue weighted by molar-refractivity contribution is 14.1. The zero-order valence-electron chi connectivity index (χ0n) is 9.64. The Hall–Kier alpha value is -0.620. The van der Waals surface area contributed by atoms with E-state index in [-0.39, 0.29) is 5.91 Å². The van der Waals surface area contributed by atoms with Crippen LogP contribution in [0.25, 0.3) is 0 Å². The third-order valence-corrected chi connectivity index (χ3v) is 3.45. The van der Waals surface area contributed by atoms with E-state index in [4.69, 9.17) is 0 Å². The molecule has 0 aliphatic carbocycles. The molecular formula is C12H17IN2O. The summed E-state index contributed by atoms with van der Waals surface area (Å²) >= 11 is 2.27. The maximum absolute atomic E-state index is 11.5. The van der Waals surface area contributed by atoms with Crippen molar-refractivity contribution >= 4 is 34.2 Å². The highest BCUT2D eigenvalue weighted by Crippen LogP contribution is 2.17. The Morgan fingerprint density at radius 3 is 2.81 bits per heavy atom. The third-order valence-electron chi connectivity index (χ3n) is 2.29. The number of hydrogen-bond donors (Lipinski definition) is 2. The number of nitrogens with one attached hydrogen (secondary N) is 2. The van der Waals surface area contributed by atoms with Crippen LogP contribution in [0.2, 0.25) is 0 Å². The lowest BCUT2D eigenvalue weighted by atomic mass is 10.2. The second kappa shape index (κ2) is 6.85. The van der Waals surface area contributed by atoms with Crippen molar-refractivity contribution in [1.29, 1.82) is 0 Å². The van der Waals surface area contributed by atoms with Crippen molar-refractivity contribution in [1.82, 2.24) is 5.32 Å². The van der Waals surface area contributed by atoms with Crippen LogP contribution < -0.4 is 10.6 Å². The first-order chi connectivity index (χ1) is 7.63. The highest BCUT2D eigenvalue weighted by Gasteiger charge is 2.03. The monoisotopic (exact) mass is 332 g/mol. The lowest BCUT2D eigenvalue weighted by molar-refractivity contribution is -0.116. The van der Waals surface area contributed by atoms with Gasteiger partial charge in [-0.25, -0.2) is 0 Å². The van der Waals surface area contributed by atoms with Gasteiger partial charge in [-0.1, -0.05) is 6.07 Å². The van der Waals surface area contributed by atoms with Gasteiger partial charge in [0.05, 0.1) is 0 Å². The van der Waals surface area contributed by atoms with Crippen molar-refractivity contribution in [3.63, 3.8) is 0 Å². The Balaban J connectivity index is 2.46. The number of anilines is 1. The quantitative estimate of drug-likeness (QED) is 0.643. The number of carbonyl (C=O) groups is 1. The smallest absolute Gasteiger partial charge is 0.224 e. The first-order valence-electron chi connectivity index (χ1n) is 5.34. The number of carbonyl (C=O) groups excluding carboxylic acids is 1. The van der Waals surface area contributed by atoms with E-state index in [1.165, 1.54) is 9.13 Å². The van der Waals surface area contributed by atoms with E-state index < -0.39 is 0 Å². The van der Waals surface area contributed by atoms with Crippen LogP contribution in [0, 0.1) is 10.5 Å². The molecule has 2 N–H and O–H groups in total. The number of amides is 1. The molecule has 1 aromatic rings. The average Bonchev–Trinajstić information content (AvgIpc) is 2.24. The molecule has 0 saturated heterocycles. The SMILES string of the molecule is CNCCCC(=O)Nc1ccc(C)c(I)c1. The molecule has 1 amide bonds. The minimum absolute atomic E-state index is 0.0786. The molecule has 0 atom stereocenters. The largest absolute Gasteiger partial charge is 0.326 e. The Morgan fingerprint density at radius 1 is 1.44 bits per heavy atom. The number of benzene rings is 1. The molecule has 1 aromatic carbocycles. The fourth-order valence-corrected chi connectivity index (χ4v) is 1.84. The first-order valence-corrected chi connectivity index (χ1v) is 6.42. The summed E-state index contributed by atoms with van der Waals surface area (Å²) in [5, 5.41) is 5.92. The van der Waals surface area contributed by atoms with Gasteiger partial charge in [0.15, 0.2) is 0 Å². The molecule has 0 aliphatic heterocycles. The standard InChI is InChI=1S/C12H17IN2O/c1-9-5-6-10(8-11(9)13)15-12(16)4-3-7-14-2/h5-6,8,14H,3-4,7H2,1-2H3,(H,15,16). The van der Waals surface area contributed by atoms with Crippen LogP contribution in [0.3, 0.4) is 0 Å². The molecule has 0 saturated carbocycles. The lowest BCUT2D eigenvalue weighted by Gasteiger charge is -2.06. The van der Waals surface area contributed by atoms with Gasteiger partial charge in [-0.05, 0) is 67.2 Å². The maximum Gasteiger partial charge on any atom is 0.224 e. The van der Waals surface area contributed by atoms with Gasteiger partial charge in [0.25, 0.3) is 0 Å². The summed E-state index contributed by atoms with van der Waals surface area (Å²) in [4.78, 5) is 11.5. The fraction of sp³-hybridized carbons (Fsp3) is 0.417. The van der Waals surface area contributed by atoms with Crippen LogP contribution >= 0.6 is 22.6 Å². The van der Waals surface area contributed by atoms with Crippen molar-refractivity contribution in [2.75, 3.05) is 18.9 Å². The summed E-state index contributed by atoms with van der Waals surface area (Å²) in [5.41, 5.74) is 2.11. The molecule has 0 aromatic heterocycles. The van der Waals surface area contributed by atoms with Crippen molar-refractivity contribution in [3.05, 3.63) is 27.3 Å². The number of aryl methyl sites for hydroxylation is 1. The fourth-order valence-electron chi connectivity index (χ4n) is 1.32. The zero-order chi connectivity index (χ0) is 12.0.